The third-order valence-electron chi connectivity index (χ3n) is 5.53. The summed E-state index contributed by atoms with van der Waals surface area (Å²) in [6.45, 7) is 0. The number of hydrogen-bond acceptors (Lipinski definition) is 3. The number of nitrogens with one attached hydrogen (secondary N) is 2. The van der Waals surface area contributed by atoms with Gasteiger partial charge in [0.2, 0.25) is 0 Å². The van der Waals surface area contributed by atoms with Crippen LogP contribution in [0.5, 0.6) is 5.75 Å². The van der Waals surface area contributed by atoms with E-state index in [0.717, 1.165) is 18.4 Å². The highest BCUT2D eigenvalue weighted by molar-refractivity contribution is 5.75. The van der Waals surface area contributed by atoms with Gasteiger partial charge in [-0.05, 0) is 62.1 Å². The van der Waals surface area contributed by atoms with Gasteiger partial charge in [0.25, 0.3) is 0 Å². The van der Waals surface area contributed by atoms with Gasteiger partial charge >= 0.3 is 12.0 Å². The summed E-state index contributed by atoms with van der Waals surface area (Å²) < 4.78 is 18.7. The van der Waals surface area contributed by atoms with Crippen LogP contribution in [0.15, 0.2) is 18.2 Å². The first-order chi connectivity index (χ1) is 12.5. The molecule has 1 aromatic carbocycles. The van der Waals surface area contributed by atoms with Crippen molar-refractivity contribution in [1.82, 2.24) is 10.6 Å². The Bertz CT molecular complexity index is 668. The molecule has 3 N–H and O–H groups in total. The molecule has 0 atom stereocenters. The van der Waals surface area contributed by atoms with Crippen molar-refractivity contribution < 1.29 is 23.8 Å². The van der Waals surface area contributed by atoms with E-state index in [1.807, 2.05) is 6.07 Å². The van der Waals surface area contributed by atoms with Crippen molar-refractivity contribution in [2.45, 2.75) is 56.5 Å². The summed E-state index contributed by atoms with van der Waals surface area (Å²) in [6.07, 6.45) is 4.17. The lowest BCUT2D eigenvalue weighted by molar-refractivity contribution is -0.142. The first kappa shape index (κ1) is 18.5. The molecule has 0 heterocycles. The predicted molar refractivity (Wildman–Crippen MR) is 93.8 cm³/mol. The van der Waals surface area contributed by atoms with Crippen LogP contribution in [0.3, 0.4) is 0 Å². The van der Waals surface area contributed by atoms with Gasteiger partial charge in [0, 0.05) is 12.1 Å². The molecular formula is C19H25FN2O4. The molecule has 3 rings (SSSR count). The van der Waals surface area contributed by atoms with Crippen molar-refractivity contribution in [3.8, 4) is 5.75 Å². The number of carbonyl (C=O) groups is 2. The second kappa shape index (κ2) is 7.93. The standard InChI is InChI=1S/C19H25FN2O4/c1-26-17-7-4-12(10-16(17)20)13-8-15(9-13)22-19(25)21-14-5-2-11(3-6-14)18(23)24/h4,7,10-11,13-15H,2-3,5-6,8-9H2,1H3,(H,23,24)(H2,21,22,25). The highest BCUT2D eigenvalue weighted by Crippen LogP contribution is 2.38. The monoisotopic (exact) mass is 364 g/mol. The van der Waals surface area contributed by atoms with Crippen molar-refractivity contribution in [2.24, 2.45) is 5.92 Å². The van der Waals surface area contributed by atoms with Gasteiger partial charge in [0.1, 0.15) is 0 Å². The van der Waals surface area contributed by atoms with Gasteiger partial charge in [-0.2, -0.15) is 0 Å². The molecule has 0 unspecified atom stereocenters. The van der Waals surface area contributed by atoms with Crippen molar-refractivity contribution in [1.29, 1.82) is 0 Å². The number of urea groups is 1. The molecular weight excluding hydrogens is 339 g/mol. The van der Waals surface area contributed by atoms with Gasteiger partial charge < -0.3 is 20.5 Å². The van der Waals surface area contributed by atoms with Gasteiger partial charge in [-0.25, -0.2) is 9.18 Å². The zero-order valence-corrected chi connectivity index (χ0v) is 14.8. The first-order valence-electron chi connectivity index (χ1n) is 9.09. The van der Waals surface area contributed by atoms with E-state index in [9.17, 15) is 14.0 Å². The summed E-state index contributed by atoms with van der Waals surface area (Å²) in [5, 5.41) is 14.9. The molecule has 2 aliphatic carbocycles. The lowest BCUT2D eigenvalue weighted by Gasteiger charge is -2.37. The van der Waals surface area contributed by atoms with Crippen molar-refractivity contribution in [2.75, 3.05) is 7.11 Å². The molecule has 6 nitrogen and oxygen atoms in total. The average molecular weight is 364 g/mol. The van der Waals surface area contributed by atoms with Gasteiger partial charge in [0.15, 0.2) is 11.6 Å². The van der Waals surface area contributed by atoms with E-state index in [4.69, 9.17) is 9.84 Å². The lowest BCUT2D eigenvalue weighted by Crippen LogP contribution is -2.50. The van der Waals surface area contributed by atoms with Crippen molar-refractivity contribution in [3.63, 3.8) is 0 Å². The molecule has 0 bridgehead atoms. The van der Waals surface area contributed by atoms with Crippen LogP contribution in [0, 0.1) is 11.7 Å². The normalized spacial score (nSPS) is 27.9. The van der Waals surface area contributed by atoms with Gasteiger partial charge in [-0.1, -0.05) is 6.07 Å². The Morgan fingerprint density at radius 2 is 1.77 bits per heavy atom. The third-order valence-corrected chi connectivity index (χ3v) is 5.53. The minimum Gasteiger partial charge on any atom is -0.494 e. The molecule has 0 spiro atoms. The van der Waals surface area contributed by atoms with E-state index in [0.29, 0.717) is 25.7 Å². The second-order valence-electron chi connectivity index (χ2n) is 7.26. The maximum Gasteiger partial charge on any atom is 0.315 e. The maximum atomic E-state index is 13.8. The van der Waals surface area contributed by atoms with Crippen molar-refractivity contribution >= 4 is 12.0 Å². The summed E-state index contributed by atoms with van der Waals surface area (Å²) in [4.78, 5) is 23.0. The highest BCUT2D eigenvalue weighted by atomic mass is 19.1. The number of halogens is 1. The van der Waals surface area contributed by atoms with Crippen LogP contribution in [0.1, 0.15) is 50.0 Å². The number of hydrogen-bond donors (Lipinski definition) is 3. The number of benzene rings is 1. The smallest absolute Gasteiger partial charge is 0.315 e. The Labute approximate surface area is 152 Å². The summed E-state index contributed by atoms with van der Waals surface area (Å²) >= 11 is 0. The van der Waals surface area contributed by atoms with E-state index in [2.05, 4.69) is 10.6 Å². The molecule has 7 heteroatoms. The lowest BCUT2D eigenvalue weighted by atomic mass is 9.76. The van der Waals surface area contributed by atoms with Crippen LogP contribution in [0.2, 0.25) is 0 Å². The fourth-order valence-corrected chi connectivity index (χ4v) is 3.84. The van der Waals surface area contributed by atoms with Gasteiger partial charge in [0.05, 0.1) is 13.0 Å². The summed E-state index contributed by atoms with van der Waals surface area (Å²) in [6, 6.07) is 4.92. The van der Waals surface area contributed by atoms with Gasteiger partial charge in [-0.15, -0.1) is 0 Å². The summed E-state index contributed by atoms with van der Waals surface area (Å²) in [5.74, 6) is -0.917. The average Bonchev–Trinajstić information content (AvgIpc) is 2.58. The van der Waals surface area contributed by atoms with Crippen LogP contribution in [-0.2, 0) is 4.79 Å². The highest BCUT2D eigenvalue weighted by Gasteiger charge is 2.33. The first-order valence-corrected chi connectivity index (χ1v) is 9.09. The molecule has 2 fully saturated rings. The molecule has 1 aromatic rings. The number of rotatable bonds is 5. The Morgan fingerprint density at radius 1 is 1.12 bits per heavy atom. The number of methoxy groups -OCH3 is 1. The zero-order chi connectivity index (χ0) is 18.7. The Hall–Kier alpha value is -2.31. The number of carboxylic acid groups (broad SMARTS) is 1. The number of ether oxygens (including phenoxy) is 1. The molecule has 0 aliphatic heterocycles. The number of amides is 2. The third kappa shape index (κ3) is 4.26. The minimum atomic E-state index is -0.747. The largest absolute Gasteiger partial charge is 0.494 e. The quantitative estimate of drug-likeness (QED) is 0.749. The molecule has 0 saturated heterocycles. The number of carbonyl (C=O) groups excluding carboxylic acids is 1. The van der Waals surface area contributed by atoms with Crippen LogP contribution in [0.25, 0.3) is 0 Å². The maximum absolute atomic E-state index is 13.8. The van der Waals surface area contributed by atoms with Crippen molar-refractivity contribution in [3.05, 3.63) is 29.6 Å². The molecule has 2 amide bonds. The molecule has 2 aliphatic rings. The topological polar surface area (TPSA) is 87.7 Å². The summed E-state index contributed by atoms with van der Waals surface area (Å²) in [5.41, 5.74) is 0.925. The Balaban J connectivity index is 1.39. The molecule has 2 saturated carbocycles. The van der Waals surface area contributed by atoms with E-state index < -0.39 is 5.97 Å². The van der Waals surface area contributed by atoms with Crippen LogP contribution in [0.4, 0.5) is 9.18 Å². The SMILES string of the molecule is COc1ccc(C2CC(NC(=O)NC3CCC(C(=O)O)CC3)C2)cc1F. The van der Waals surface area contributed by atoms with Crippen LogP contribution < -0.4 is 15.4 Å². The number of carboxylic acids is 1. The minimum absolute atomic E-state index is 0.0390. The Kier molecular flexibility index (Phi) is 5.64. The fourth-order valence-electron chi connectivity index (χ4n) is 3.84. The predicted octanol–water partition coefficient (Wildman–Crippen LogP) is 3.02. The summed E-state index contributed by atoms with van der Waals surface area (Å²) in [7, 11) is 1.44. The molecule has 0 radical (unpaired) electrons. The molecule has 142 valence electrons. The van der Waals surface area contributed by atoms with E-state index in [-0.39, 0.29) is 41.5 Å². The van der Waals surface area contributed by atoms with Gasteiger partial charge in [-0.3, -0.25) is 4.79 Å². The molecule has 0 aromatic heterocycles. The van der Waals surface area contributed by atoms with E-state index >= 15 is 0 Å². The van der Waals surface area contributed by atoms with Crippen LogP contribution >= 0.6 is 0 Å². The van der Waals surface area contributed by atoms with Crippen LogP contribution in [-0.4, -0.2) is 36.3 Å². The second-order valence-corrected chi connectivity index (χ2v) is 7.26. The Morgan fingerprint density at radius 3 is 2.35 bits per heavy atom. The zero-order valence-electron chi connectivity index (χ0n) is 14.8. The molecule has 26 heavy (non-hydrogen) atoms. The van der Waals surface area contributed by atoms with E-state index in [1.165, 1.54) is 13.2 Å². The van der Waals surface area contributed by atoms with E-state index in [1.54, 1.807) is 6.07 Å². The number of aliphatic carboxylic acids is 1. The fraction of sp³-hybridized carbons (Fsp3) is 0.579.